The molecule has 22 heavy (non-hydrogen) atoms. The van der Waals surface area contributed by atoms with Crippen molar-refractivity contribution in [1.29, 1.82) is 0 Å². The van der Waals surface area contributed by atoms with Crippen LogP contribution in [0.25, 0.3) is 0 Å². The third kappa shape index (κ3) is 3.40. The van der Waals surface area contributed by atoms with Crippen molar-refractivity contribution < 1.29 is 19.4 Å². The number of carbonyl (C=O) groups is 2. The quantitative estimate of drug-likeness (QED) is 0.811. The highest BCUT2D eigenvalue weighted by Gasteiger charge is 2.52. The molecule has 1 aromatic carbocycles. The number of benzene rings is 1. The largest absolute Gasteiger partial charge is 0.496 e. The number of carbonyl (C=O) groups excluding carboxylic acids is 1. The van der Waals surface area contributed by atoms with Crippen molar-refractivity contribution in [2.75, 3.05) is 13.7 Å². The molecule has 5 heteroatoms. The predicted octanol–water partition coefficient (Wildman–Crippen LogP) is 2.49. The summed E-state index contributed by atoms with van der Waals surface area (Å²) in [6, 6.07) is 4.80. The number of aromatic carboxylic acids is 1. The maximum atomic E-state index is 12.0. The number of methoxy groups -OCH3 is 1. The summed E-state index contributed by atoms with van der Waals surface area (Å²) in [7, 11) is 1.51. The van der Waals surface area contributed by atoms with Crippen LogP contribution in [0, 0.1) is 11.3 Å². The van der Waals surface area contributed by atoms with Gasteiger partial charge in [0.25, 0.3) is 0 Å². The minimum atomic E-state index is -0.981. The highest BCUT2D eigenvalue weighted by atomic mass is 16.5. The minimum absolute atomic E-state index is 0.116. The van der Waals surface area contributed by atoms with Crippen LogP contribution >= 0.6 is 0 Å². The molecule has 1 aliphatic rings. The number of rotatable bonds is 7. The zero-order valence-electron chi connectivity index (χ0n) is 13.3. The minimum Gasteiger partial charge on any atom is -0.496 e. The van der Waals surface area contributed by atoms with Gasteiger partial charge in [0.1, 0.15) is 5.75 Å². The van der Waals surface area contributed by atoms with Crippen LogP contribution in [0.5, 0.6) is 5.75 Å². The van der Waals surface area contributed by atoms with Crippen LogP contribution in [0.1, 0.15) is 42.6 Å². The maximum Gasteiger partial charge on any atom is 0.335 e. The molecular formula is C17H23NO4. The van der Waals surface area contributed by atoms with Gasteiger partial charge >= 0.3 is 5.97 Å². The lowest BCUT2D eigenvalue weighted by molar-refractivity contribution is -0.123. The van der Waals surface area contributed by atoms with E-state index in [-0.39, 0.29) is 22.8 Å². The first kappa shape index (κ1) is 16.3. The second kappa shape index (κ2) is 6.38. The maximum absolute atomic E-state index is 12.0. The third-order valence-corrected chi connectivity index (χ3v) is 4.70. The Morgan fingerprint density at radius 3 is 2.73 bits per heavy atom. The van der Waals surface area contributed by atoms with E-state index in [2.05, 4.69) is 19.2 Å². The molecule has 2 atom stereocenters. The average molecular weight is 305 g/mol. The molecule has 2 rings (SSSR count). The number of hydrogen-bond acceptors (Lipinski definition) is 3. The molecule has 120 valence electrons. The number of carboxylic acids is 1. The summed E-state index contributed by atoms with van der Waals surface area (Å²) in [4.78, 5) is 23.0. The Morgan fingerprint density at radius 1 is 1.45 bits per heavy atom. The van der Waals surface area contributed by atoms with Gasteiger partial charge in [0.2, 0.25) is 5.91 Å². The first-order valence-corrected chi connectivity index (χ1v) is 7.59. The van der Waals surface area contributed by atoms with Crippen LogP contribution in [0.15, 0.2) is 18.2 Å². The topological polar surface area (TPSA) is 75.6 Å². The van der Waals surface area contributed by atoms with Crippen LogP contribution in [-0.4, -0.2) is 30.6 Å². The Kier molecular flexibility index (Phi) is 4.74. The van der Waals surface area contributed by atoms with Crippen LogP contribution < -0.4 is 10.1 Å². The van der Waals surface area contributed by atoms with Crippen molar-refractivity contribution in [3.63, 3.8) is 0 Å². The van der Waals surface area contributed by atoms with Crippen molar-refractivity contribution in [2.45, 2.75) is 33.1 Å². The van der Waals surface area contributed by atoms with E-state index in [4.69, 9.17) is 9.84 Å². The smallest absolute Gasteiger partial charge is 0.335 e. The van der Waals surface area contributed by atoms with Gasteiger partial charge in [-0.3, -0.25) is 4.79 Å². The molecule has 0 aliphatic heterocycles. The van der Waals surface area contributed by atoms with E-state index in [1.54, 1.807) is 12.1 Å². The van der Waals surface area contributed by atoms with Gasteiger partial charge in [0.05, 0.1) is 12.7 Å². The molecule has 1 amide bonds. The second-order valence-corrected chi connectivity index (χ2v) is 6.14. The molecule has 0 spiro atoms. The summed E-state index contributed by atoms with van der Waals surface area (Å²) in [5.41, 5.74) is 1.26. The zero-order valence-corrected chi connectivity index (χ0v) is 13.3. The van der Waals surface area contributed by atoms with Crippen LogP contribution in [0.4, 0.5) is 0 Å². The Morgan fingerprint density at radius 2 is 2.18 bits per heavy atom. The molecule has 1 aromatic rings. The summed E-state index contributed by atoms with van der Waals surface area (Å²) >= 11 is 0. The van der Waals surface area contributed by atoms with Crippen LogP contribution in [0.3, 0.4) is 0 Å². The molecule has 5 nitrogen and oxygen atoms in total. The van der Waals surface area contributed by atoms with Crippen molar-refractivity contribution >= 4 is 11.9 Å². The van der Waals surface area contributed by atoms with E-state index in [1.807, 2.05) is 0 Å². The Balaban J connectivity index is 1.89. The molecule has 1 fully saturated rings. The first-order valence-electron chi connectivity index (χ1n) is 7.59. The molecule has 0 radical (unpaired) electrons. The van der Waals surface area contributed by atoms with Gasteiger partial charge in [-0.1, -0.05) is 19.9 Å². The normalized spacial score (nSPS) is 23.0. The van der Waals surface area contributed by atoms with Gasteiger partial charge in [-0.15, -0.1) is 0 Å². The molecule has 1 aliphatic carbocycles. The van der Waals surface area contributed by atoms with E-state index in [9.17, 15) is 9.59 Å². The van der Waals surface area contributed by atoms with Crippen LogP contribution in [-0.2, 0) is 11.2 Å². The van der Waals surface area contributed by atoms with Gasteiger partial charge in [0, 0.05) is 12.5 Å². The van der Waals surface area contributed by atoms with E-state index in [1.165, 1.54) is 13.2 Å². The highest BCUT2D eigenvalue weighted by Crippen LogP contribution is 2.54. The van der Waals surface area contributed by atoms with Gasteiger partial charge < -0.3 is 15.2 Å². The van der Waals surface area contributed by atoms with Gasteiger partial charge in [-0.05, 0) is 42.4 Å². The number of hydrogen-bond donors (Lipinski definition) is 2. The average Bonchev–Trinajstić information content (AvgIpc) is 3.20. The summed E-state index contributed by atoms with van der Waals surface area (Å²) < 4.78 is 5.23. The van der Waals surface area contributed by atoms with Crippen molar-refractivity contribution in [3.8, 4) is 5.75 Å². The monoisotopic (exact) mass is 305 g/mol. The number of ether oxygens (including phenoxy) is 1. The molecular weight excluding hydrogens is 282 g/mol. The van der Waals surface area contributed by atoms with Gasteiger partial charge in [-0.2, -0.15) is 0 Å². The summed E-state index contributed by atoms with van der Waals surface area (Å²) in [5.74, 6) is -0.191. The highest BCUT2D eigenvalue weighted by molar-refractivity contribution is 5.88. The standard InChI is InChI=1S/C17H23NO4/c1-4-17(2)10-13(17)15(19)18-8-7-11-5-6-12(16(20)21)9-14(11)22-3/h5-6,9,13H,4,7-8,10H2,1-3H3,(H,18,19)(H,20,21). The van der Waals surface area contributed by atoms with E-state index in [0.717, 1.165) is 18.4 Å². The van der Waals surface area contributed by atoms with Crippen molar-refractivity contribution in [3.05, 3.63) is 29.3 Å². The lowest BCUT2D eigenvalue weighted by Crippen LogP contribution is -2.28. The molecule has 1 saturated carbocycles. The predicted molar refractivity (Wildman–Crippen MR) is 83.2 cm³/mol. The lowest BCUT2D eigenvalue weighted by Gasteiger charge is -2.11. The third-order valence-electron chi connectivity index (χ3n) is 4.70. The molecule has 0 bridgehead atoms. The van der Waals surface area contributed by atoms with E-state index in [0.29, 0.717) is 18.7 Å². The molecule has 0 heterocycles. The molecule has 0 saturated heterocycles. The summed E-state index contributed by atoms with van der Waals surface area (Å²) in [6.45, 7) is 4.78. The second-order valence-electron chi connectivity index (χ2n) is 6.14. The zero-order chi connectivity index (χ0) is 16.3. The Bertz CT molecular complexity index is 584. The van der Waals surface area contributed by atoms with Crippen LogP contribution in [0.2, 0.25) is 0 Å². The molecule has 2 unspecified atom stereocenters. The van der Waals surface area contributed by atoms with Crippen molar-refractivity contribution in [2.24, 2.45) is 11.3 Å². The fourth-order valence-electron chi connectivity index (χ4n) is 2.74. The van der Waals surface area contributed by atoms with E-state index >= 15 is 0 Å². The van der Waals surface area contributed by atoms with E-state index < -0.39 is 5.97 Å². The number of nitrogens with one attached hydrogen (secondary N) is 1. The SMILES string of the molecule is CCC1(C)CC1C(=O)NCCc1ccc(C(=O)O)cc1OC. The Labute approximate surface area is 130 Å². The van der Waals surface area contributed by atoms with Gasteiger partial charge in [-0.25, -0.2) is 4.79 Å². The Hall–Kier alpha value is -2.04. The molecule has 0 aromatic heterocycles. The summed E-state index contributed by atoms with van der Waals surface area (Å²) in [5, 5.41) is 11.9. The number of carboxylic acid groups (broad SMARTS) is 1. The lowest BCUT2D eigenvalue weighted by atomic mass is 10.0. The fourth-order valence-corrected chi connectivity index (χ4v) is 2.74. The van der Waals surface area contributed by atoms with Gasteiger partial charge in [0.15, 0.2) is 0 Å². The first-order chi connectivity index (χ1) is 10.4. The fraction of sp³-hybridized carbons (Fsp3) is 0.529. The number of amides is 1. The summed E-state index contributed by atoms with van der Waals surface area (Å²) in [6.07, 6.45) is 2.60. The molecule has 2 N–H and O–H groups in total. The van der Waals surface area contributed by atoms with Crippen molar-refractivity contribution in [1.82, 2.24) is 5.32 Å².